The fourth-order valence-electron chi connectivity index (χ4n) is 4.72. The highest BCUT2D eigenvalue weighted by molar-refractivity contribution is 5.77. The van der Waals surface area contributed by atoms with Gasteiger partial charge in [-0.1, -0.05) is 0 Å². The van der Waals surface area contributed by atoms with Crippen molar-refractivity contribution in [2.24, 2.45) is 0 Å². The molecule has 0 unspecified atom stereocenters. The number of carbonyl (C=O) groups is 1. The number of nitrogen functional groups attached to an aromatic ring is 1. The molecule has 0 radical (unpaired) electrons. The summed E-state index contributed by atoms with van der Waals surface area (Å²) < 4.78 is 72.2. The van der Waals surface area contributed by atoms with Crippen LogP contribution in [0.25, 0.3) is 0 Å². The summed E-state index contributed by atoms with van der Waals surface area (Å²) in [5, 5.41) is 3.14. The fourth-order valence-corrected chi connectivity index (χ4v) is 4.72. The molecule has 3 N–H and O–H groups in total. The smallest absolute Gasteiger partial charge is 0.398 e. The number of nitrogens with one attached hydrogen (secondary N) is 1. The van der Waals surface area contributed by atoms with Crippen molar-refractivity contribution in [1.29, 1.82) is 0 Å². The summed E-state index contributed by atoms with van der Waals surface area (Å²) >= 11 is 0. The van der Waals surface area contributed by atoms with Crippen LogP contribution >= 0.6 is 0 Å². The van der Waals surface area contributed by atoms with Gasteiger partial charge in [-0.05, 0) is 56.0 Å². The van der Waals surface area contributed by atoms with E-state index in [1.165, 1.54) is 24.3 Å². The highest BCUT2D eigenvalue weighted by Crippen LogP contribution is 2.36. The van der Waals surface area contributed by atoms with Crippen LogP contribution < -0.4 is 16.0 Å². The second kappa shape index (κ2) is 10.9. The maximum Gasteiger partial charge on any atom is 0.418 e. The first-order chi connectivity index (χ1) is 17.1. The van der Waals surface area contributed by atoms with Crippen LogP contribution in [0.1, 0.15) is 31.2 Å². The normalized spacial score (nSPS) is 20.9. The Labute approximate surface area is 206 Å². The average molecular weight is 513 g/mol. The first-order valence-electron chi connectivity index (χ1n) is 11.9. The van der Waals surface area contributed by atoms with E-state index in [1.54, 1.807) is 9.80 Å². The van der Waals surface area contributed by atoms with Crippen molar-refractivity contribution in [1.82, 2.24) is 4.90 Å². The summed E-state index contributed by atoms with van der Waals surface area (Å²) in [4.78, 5) is 16.0. The highest BCUT2D eigenvalue weighted by atomic mass is 19.4. The molecule has 1 saturated heterocycles. The molecule has 196 valence electrons. The number of nitrogens with two attached hydrogens (primary N) is 1. The van der Waals surface area contributed by atoms with Gasteiger partial charge in [0.25, 0.3) is 0 Å². The largest absolute Gasteiger partial charge is 0.418 e. The molecule has 2 aromatic rings. The molecule has 36 heavy (non-hydrogen) atoms. The molecule has 1 heterocycles. The van der Waals surface area contributed by atoms with Crippen LogP contribution in [0.5, 0.6) is 0 Å². The molecule has 0 atom stereocenters. The van der Waals surface area contributed by atoms with Crippen molar-refractivity contribution in [3.8, 4) is 0 Å². The first kappa shape index (κ1) is 26.0. The van der Waals surface area contributed by atoms with Gasteiger partial charge in [-0.3, -0.25) is 4.79 Å². The lowest BCUT2D eigenvalue weighted by Crippen LogP contribution is -2.50. The molecule has 2 aromatic carbocycles. The van der Waals surface area contributed by atoms with E-state index < -0.39 is 23.4 Å². The molecule has 1 amide bonds. The Morgan fingerprint density at radius 1 is 1.00 bits per heavy atom. The predicted octanol–water partition coefficient (Wildman–Crippen LogP) is 4.65. The van der Waals surface area contributed by atoms with Crippen molar-refractivity contribution in [2.75, 3.05) is 48.7 Å². The Hall–Kier alpha value is -3.08. The van der Waals surface area contributed by atoms with Gasteiger partial charge in [0, 0.05) is 49.7 Å². The van der Waals surface area contributed by atoms with Crippen molar-refractivity contribution >= 4 is 23.0 Å². The van der Waals surface area contributed by atoms with Crippen LogP contribution in [0.4, 0.5) is 39.0 Å². The van der Waals surface area contributed by atoms with Gasteiger partial charge >= 0.3 is 6.18 Å². The Kier molecular flexibility index (Phi) is 7.87. The fraction of sp³-hybridized carbons (Fsp3) is 0.480. The molecule has 6 nitrogen and oxygen atoms in total. The number of ether oxygens (including phenoxy) is 1. The second-order valence-corrected chi connectivity index (χ2v) is 9.19. The zero-order valence-electron chi connectivity index (χ0n) is 19.7. The minimum Gasteiger partial charge on any atom is -0.398 e. The van der Waals surface area contributed by atoms with Gasteiger partial charge < -0.3 is 25.6 Å². The number of anilines is 3. The molecule has 0 bridgehead atoms. The monoisotopic (exact) mass is 512 g/mol. The number of rotatable bonds is 6. The van der Waals surface area contributed by atoms with Gasteiger partial charge in [-0.2, -0.15) is 13.2 Å². The van der Waals surface area contributed by atoms with E-state index in [1.807, 2.05) is 0 Å². The third-order valence-corrected chi connectivity index (χ3v) is 6.73. The van der Waals surface area contributed by atoms with Gasteiger partial charge in [0.1, 0.15) is 18.2 Å². The van der Waals surface area contributed by atoms with E-state index in [2.05, 4.69) is 5.32 Å². The third-order valence-electron chi connectivity index (χ3n) is 6.73. The van der Waals surface area contributed by atoms with Gasteiger partial charge in [-0.15, -0.1) is 0 Å². The first-order valence-corrected chi connectivity index (χ1v) is 11.9. The Balaban J connectivity index is 1.18. The van der Waals surface area contributed by atoms with Crippen LogP contribution in [-0.4, -0.2) is 55.7 Å². The Bertz CT molecular complexity index is 1060. The quantitative estimate of drug-likeness (QED) is 0.436. The molecule has 1 aliphatic heterocycles. The Morgan fingerprint density at radius 2 is 1.69 bits per heavy atom. The van der Waals surface area contributed by atoms with E-state index in [9.17, 15) is 26.7 Å². The van der Waals surface area contributed by atoms with Crippen LogP contribution in [0, 0.1) is 11.6 Å². The summed E-state index contributed by atoms with van der Waals surface area (Å²) in [7, 11) is 0. The molecule has 1 saturated carbocycles. The summed E-state index contributed by atoms with van der Waals surface area (Å²) in [6.07, 6.45) is -1.84. The van der Waals surface area contributed by atoms with Gasteiger partial charge in [0.2, 0.25) is 5.91 Å². The summed E-state index contributed by atoms with van der Waals surface area (Å²) in [5.74, 6) is -1.40. The maximum absolute atomic E-state index is 14.0. The molecule has 2 aliphatic rings. The third kappa shape index (κ3) is 6.37. The van der Waals surface area contributed by atoms with E-state index in [0.717, 1.165) is 12.1 Å². The number of hydrogen-bond acceptors (Lipinski definition) is 5. The van der Waals surface area contributed by atoms with E-state index >= 15 is 0 Å². The maximum atomic E-state index is 14.0. The summed E-state index contributed by atoms with van der Waals surface area (Å²) in [6, 6.07) is 7.28. The topological polar surface area (TPSA) is 70.8 Å². The Morgan fingerprint density at radius 3 is 2.33 bits per heavy atom. The highest BCUT2D eigenvalue weighted by Gasteiger charge is 2.33. The van der Waals surface area contributed by atoms with Crippen molar-refractivity contribution in [2.45, 2.75) is 44.0 Å². The lowest BCUT2D eigenvalue weighted by Gasteiger charge is -2.36. The zero-order valence-corrected chi connectivity index (χ0v) is 19.7. The van der Waals surface area contributed by atoms with Gasteiger partial charge in [0.05, 0.1) is 17.4 Å². The molecule has 2 fully saturated rings. The van der Waals surface area contributed by atoms with E-state index in [0.29, 0.717) is 63.2 Å². The van der Waals surface area contributed by atoms with Crippen LogP contribution in [0.2, 0.25) is 0 Å². The summed E-state index contributed by atoms with van der Waals surface area (Å²) in [6.45, 7) is 1.65. The molecule has 0 aromatic heterocycles. The van der Waals surface area contributed by atoms with E-state index in [-0.39, 0.29) is 30.3 Å². The number of piperazine rings is 1. The van der Waals surface area contributed by atoms with Gasteiger partial charge in [0.15, 0.2) is 0 Å². The van der Waals surface area contributed by atoms with Crippen molar-refractivity contribution in [3.05, 3.63) is 53.6 Å². The number of amides is 1. The summed E-state index contributed by atoms with van der Waals surface area (Å²) in [5.41, 5.74) is 4.99. The number of alkyl halides is 3. The second-order valence-electron chi connectivity index (χ2n) is 9.19. The standard InChI is InChI=1S/C25H29F5N4O2/c26-16-1-8-23(21(27)13-16)33-9-11-34(12-10-33)24(35)15-36-19-5-2-17(3-6-19)32-18-4-7-22(31)20(14-18)25(28,29)30/h1,4,7-8,13-14,17,19,32H,2-3,5-6,9-12,15,31H2. The number of halogens is 5. The lowest BCUT2D eigenvalue weighted by atomic mass is 9.92. The molecular weight excluding hydrogens is 483 g/mol. The number of hydrogen-bond donors (Lipinski definition) is 2. The number of benzene rings is 2. The minimum atomic E-state index is -4.51. The average Bonchev–Trinajstić information content (AvgIpc) is 2.84. The lowest BCUT2D eigenvalue weighted by molar-refractivity contribution is -0.139. The van der Waals surface area contributed by atoms with Crippen molar-refractivity contribution < 1.29 is 31.5 Å². The van der Waals surface area contributed by atoms with Crippen LogP contribution in [0.3, 0.4) is 0 Å². The number of nitrogens with zero attached hydrogens (tertiary/aromatic N) is 2. The van der Waals surface area contributed by atoms with Crippen molar-refractivity contribution in [3.63, 3.8) is 0 Å². The van der Waals surface area contributed by atoms with Gasteiger partial charge in [-0.25, -0.2) is 8.78 Å². The molecule has 0 spiro atoms. The number of carbonyl (C=O) groups excluding carboxylic acids is 1. The predicted molar refractivity (Wildman–Crippen MR) is 127 cm³/mol. The SMILES string of the molecule is Nc1ccc(NC2CCC(OCC(=O)N3CCN(c4ccc(F)cc4F)CC3)CC2)cc1C(F)(F)F. The molecular formula is C25H29F5N4O2. The minimum absolute atomic E-state index is 0.00481. The molecule has 11 heteroatoms. The molecule has 1 aliphatic carbocycles. The van der Waals surface area contributed by atoms with E-state index in [4.69, 9.17) is 10.5 Å². The zero-order chi connectivity index (χ0) is 25.9. The molecule has 4 rings (SSSR count). The van der Waals surface area contributed by atoms with Crippen LogP contribution in [-0.2, 0) is 15.7 Å². The van der Waals surface area contributed by atoms with Crippen LogP contribution in [0.15, 0.2) is 36.4 Å².